The van der Waals surface area contributed by atoms with Crippen molar-refractivity contribution in [1.82, 2.24) is 0 Å². The number of hydrogen-bond acceptors (Lipinski definition) is 2. The Bertz CT molecular complexity index is 273. The van der Waals surface area contributed by atoms with E-state index in [9.17, 15) is 10.1 Å². The van der Waals surface area contributed by atoms with Crippen LogP contribution in [0.5, 0.6) is 0 Å². The van der Waals surface area contributed by atoms with Crippen LogP contribution in [0.1, 0.15) is 57.8 Å². The Balaban J connectivity index is 2.07. The highest BCUT2D eigenvalue weighted by atomic mass is 16.1. The lowest BCUT2D eigenvalue weighted by Crippen LogP contribution is -2.35. The van der Waals surface area contributed by atoms with Crippen LogP contribution in [0.25, 0.3) is 0 Å². The molecule has 2 fully saturated rings. The lowest BCUT2D eigenvalue weighted by Gasteiger charge is -2.39. The van der Waals surface area contributed by atoms with Crippen molar-refractivity contribution in [3.63, 3.8) is 0 Å². The monoisotopic (exact) mass is 205 g/mol. The molecular weight excluding hydrogens is 186 g/mol. The molecule has 2 aliphatic rings. The van der Waals surface area contributed by atoms with Crippen LogP contribution in [-0.2, 0) is 4.79 Å². The first-order valence-corrected chi connectivity index (χ1v) is 6.20. The summed E-state index contributed by atoms with van der Waals surface area (Å²) in [5, 5.41) is 9.42. The van der Waals surface area contributed by atoms with Gasteiger partial charge in [0.1, 0.15) is 5.78 Å². The predicted octanol–water partition coefficient (Wildman–Crippen LogP) is 3.22. The Morgan fingerprint density at radius 1 is 1.13 bits per heavy atom. The van der Waals surface area contributed by atoms with E-state index in [-0.39, 0.29) is 5.41 Å². The van der Waals surface area contributed by atoms with E-state index in [0.29, 0.717) is 24.5 Å². The van der Waals surface area contributed by atoms with Crippen LogP contribution >= 0.6 is 0 Å². The first-order chi connectivity index (χ1) is 7.27. The van der Waals surface area contributed by atoms with Crippen LogP contribution in [0.4, 0.5) is 0 Å². The number of carbonyl (C=O) groups excluding carboxylic acids is 1. The molecule has 0 amide bonds. The third-order valence-corrected chi connectivity index (χ3v) is 4.31. The van der Waals surface area contributed by atoms with Crippen molar-refractivity contribution in [3.8, 4) is 6.07 Å². The predicted molar refractivity (Wildman–Crippen MR) is 58.1 cm³/mol. The molecule has 2 rings (SSSR count). The number of Topliss-reactive ketones (excluding diaryl/α,β-unsaturated/α-hetero) is 1. The maximum Gasteiger partial charge on any atom is 0.133 e. The molecule has 0 spiro atoms. The van der Waals surface area contributed by atoms with Gasteiger partial charge < -0.3 is 0 Å². The van der Waals surface area contributed by atoms with Gasteiger partial charge in [0.05, 0.1) is 11.5 Å². The summed E-state index contributed by atoms with van der Waals surface area (Å²) in [6.07, 6.45) is 9.25. The molecule has 0 radical (unpaired) electrons. The highest BCUT2D eigenvalue weighted by Gasteiger charge is 2.41. The number of hydrogen-bond donors (Lipinski definition) is 0. The van der Waals surface area contributed by atoms with Crippen molar-refractivity contribution in [2.45, 2.75) is 57.8 Å². The molecule has 2 nitrogen and oxygen atoms in total. The lowest BCUT2D eigenvalue weighted by molar-refractivity contribution is -0.122. The van der Waals surface area contributed by atoms with E-state index < -0.39 is 0 Å². The van der Waals surface area contributed by atoms with E-state index in [1.54, 1.807) is 0 Å². The second-order valence-electron chi connectivity index (χ2n) is 5.14. The normalized spacial score (nSPS) is 27.3. The molecule has 2 aliphatic carbocycles. The van der Waals surface area contributed by atoms with E-state index in [1.165, 1.54) is 32.1 Å². The van der Waals surface area contributed by atoms with Gasteiger partial charge in [0, 0.05) is 12.8 Å². The highest BCUT2D eigenvalue weighted by molar-refractivity contribution is 5.79. The van der Waals surface area contributed by atoms with Gasteiger partial charge in [-0.25, -0.2) is 0 Å². The van der Waals surface area contributed by atoms with Gasteiger partial charge in [-0.05, 0) is 31.6 Å². The Morgan fingerprint density at radius 2 is 1.73 bits per heavy atom. The van der Waals surface area contributed by atoms with Crippen LogP contribution in [0.3, 0.4) is 0 Å². The maximum atomic E-state index is 11.2. The maximum absolute atomic E-state index is 11.2. The van der Waals surface area contributed by atoms with Crippen LogP contribution in [0, 0.1) is 22.7 Å². The smallest absolute Gasteiger partial charge is 0.133 e. The summed E-state index contributed by atoms with van der Waals surface area (Å²) in [5.74, 6) is 0.932. The number of nitrogens with zero attached hydrogens (tertiary/aromatic N) is 1. The number of carbonyl (C=O) groups is 1. The zero-order valence-corrected chi connectivity index (χ0v) is 9.30. The molecule has 0 unspecified atom stereocenters. The summed E-state index contributed by atoms with van der Waals surface area (Å²) < 4.78 is 0. The van der Waals surface area contributed by atoms with Gasteiger partial charge in [0.2, 0.25) is 0 Å². The minimum absolute atomic E-state index is 0.145. The van der Waals surface area contributed by atoms with Gasteiger partial charge in [0.25, 0.3) is 0 Å². The zero-order valence-electron chi connectivity index (χ0n) is 9.30. The summed E-state index contributed by atoms with van der Waals surface area (Å²) in [6.45, 7) is 0. The van der Waals surface area contributed by atoms with E-state index in [0.717, 1.165) is 12.8 Å². The molecule has 2 heteroatoms. The first-order valence-electron chi connectivity index (χ1n) is 6.20. The quantitative estimate of drug-likeness (QED) is 0.659. The second-order valence-corrected chi connectivity index (χ2v) is 5.14. The summed E-state index contributed by atoms with van der Waals surface area (Å²) in [4.78, 5) is 11.2. The van der Waals surface area contributed by atoms with Gasteiger partial charge in [-0.15, -0.1) is 0 Å². The molecule has 2 saturated carbocycles. The molecule has 0 saturated heterocycles. The Kier molecular flexibility index (Phi) is 3.09. The highest BCUT2D eigenvalue weighted by Crippen LogP contribution is 2.46. The zero-order chi connectivity index (χ0) is 10.7. The first kappa shape index (κ1) is 10.7. The Hall–Kier alpha value is -0.840. The fraction of sp³-hybridized carbons (Fsp3) is 0.846. The Labute approximate surface area is 91.7 Å². The average Bonchev–Trinajstić information content (AvgIpc) is 2.32. The molecular formula is C13H19NO. The molecule has 0 heterocycles. The SMILES string of the molecule is N#CC1(C2CCCCC2)CCC(=O)CC1. The van der Waals surface area contributed by atoms with Crippen LogP contribution in [0.2, 0.25) is 0 Å². The minimum atomic E-state index is -0.145. The number of ketones is 1. The van der Waals surface area contributed by atoms with Gasteiger partial charge in [-0.2, -0.15) is 5.26 Å². The van der Waals surface area contributed by atoms with Gasteiger partial charge in [-0.3, -0.25) is 4.79 Å². The third-order valence-electron chi connectivity index (χ3n) is 4.31. The molecule has 0 aromatic carbocycles. The van der Waals surface area contributed by atoms with Gasteiger partial charge in [0.15, 0.2) is 0 Å². The fourth-order valence-electron chi connectivity index (χ4n) is 3.24. The molecule has 82 valence electrons. The van der Waals surface area contributed by atoms with Crippen LogP contribution in [0.15, 0.2) is 0 Å². The molecule has 15 heavy (non-hydrogen) atoms. The third kappa shape index (κ3) is 2.07. The summed E-state index contributed by atoms with van der Waals surface area (Å²) in [6, 6.07) is 2.56. The minimum Gasteiger partial charge on any atom is -0.300 e. The van der Waals surface area contributed by atoms with Crippen molar-refractivity contribution >= 4 is 5.78 Å². The van der Waals surface area contributed by atoms with E-state index >= 15 is 0 Å². The molecule has 0 aromatic heterocycles. The molecule has 0 bridgehead atoms. The van der Waals surface area contributed by atoms with Crippen molar-refractivity contribution in [3.05, 3.63) is 0 Å². The van der Waals surface area contributed by atoms with E-state index in [2.05, 4.69) is 6.07 Å². The van der Waals surface area contributed by atoms with Gasteiger partial charge >= 0.3 is 0 Å². The summed E-state index contributed by atoms with van der Waals surface area (Å²) in [5.41, 5.74) is -0.145. The largest absolute Gasteiger partial charge is 0.300 e. The Morgan fingerprint density at radius 3 is 2.27 bits per heavy atom. The molecule has 0 aliphatic heterocycles. The number of nitriles is 1. The molecule has 0 atom stereocenters. The standard InChI is InChI=1S/C13H19NO/c14-10-13(8-6-12(15)7-9-13)11-4-2-1-3-5-11/h11H,1-9H2. The molecule has 0 N–H and O–H groups in total. The number of rotatable bonds is 1. The lowest BCUT2D eigenvalue weighted by atomic mass is 9.62. The van der Waals surface area contributed by atoms with Crippen LogP contribution in [-0.4, -0.2) is 5.78 Å². The topological polar surface area (TPSA) is 40.9 Å². The van der Waals surface area contributed by atoms with Crippen molar-refractivity contribution < 1.29 is 4.79 Å². The van der Waals surface area contributed by atoms with Crippen LogP contribution < -0.4 is 0 Å². The van der Waals surface area contributed by atoms with Crippen molar-refractivity contribution in [2.24, 2.45) is 11.3 Å². The van der Waals surface area contributed by atoms with Crippen molar-refractivity contribution in [1.29, 1.82) is 5.26 Å². The fourth-order valence-corrected chi connectivity index (χ4v) is 3.24. The summed E-state index contributed by atoms with van der Waals surface area (Å²) in [7, 11) is 0. The molecule has 0 aromatic rings. The second kappa shape index (κ2) is 4.35. The van der Waals surface area contributed by atoms with E-state index in [1.807, 2.05) is 0 Å². The van der Waals surface area contributed by atoms with E-state index in [4.69, 9.17) is 0 Å². The van der Waals surface area contributed by atoms with Crippen molar-refractivity contribution in [2.75, 3.05) is 0 Å². The van der Waals surface area contributed by atoms with Gasteiger partial charge in [-0.1, -0.05) is 19.3 Å². The average molecular weight is 205 g/mol. The summed E-state index contributed by atoms with van der Waals surface area (Å²) >= 11 is 0.